The van der Waals surface area contributed by atoms with E-state index in [0.29, 0.717) is 6.61 Å². The first kappa shape index (κ1) is 16.8. The molecule has 0 unspecified atom stereocenters. The smallest absolute Gasteiger partial charge is 0.237 e. The maximum atomic E-state index is 12.4. The second kappa shape index (κ2) is 7.68. The largest absolute Gasteiger partial charge is 0.494 e. The third-order valence-corrected chi connectivity index (χ3v) is 5.58. The Morgan fingerprint density at radius 1 is 1.25 bits per heavy atom. The molecule has 0 saturated heterocycles. The fourth-order valence-corrected chi connectivity index (χ4v) is 4.36. The summed E-state index contributed by atoms with van der Waals surface area (Å²) in [6.45, 7) is 4.46. The highest BCUT2D eigenvalue weighted by molar-refractivity contribution is 8.02. The molecule has 3 rings (SSSR count). The number of amides is 1. The predicted molar refractivity (Wildman–Crippen MR) is 101 cm³/mol. The molecule has 0 aliphatic rings. The standard InChI is InChI=1S/C18H18N2O2S2/c1-3-22-14-10-8-13(9-11-14)19-17(21)12(2)23-18-20-15-6-4-5-7-16(15)24-18/h4-12H,3H2,1-2H3,(H,19,21)/t12-/m1/s1. The molecule has 1 heterocycles. The van der Waals surface area contributed by atoms with Crippen LogP contribution in [0.5, 0.6) is 5.75 Å². The number of hydrogen-bond acceptors (Lipinski definition) is 5. The van der Waals surface area contributed by atoms with E-state index < -0.39 is 0 Å². The van der Waals surface area contributed by atoms with Gasteiger partial charge in [0.15, 0.2) is 4.34 Å². The second-order valence-corrected chi connectivity index (χ2v) is 7.77. The number of rotatable bonds is 6. The molecule has 0 saturated carbocycles. The van der Waals surface area contributed by atoms with E-state index in [0.717, 1.165) is 26.0 Å². The second-order valence-electron chi connectivity index (χ2n) is 5.15. The van der Waals surface area contributed by atoms with Gasteiger partial charge in [-0.1, -0.05) is 23.9 Å². The maximum Gasteiger partial charge on any atom is 0.237 e. The van der Waals surface area contributed by atoms with Gasteiger partial charge in [0, 0.05) is 5.69 Å². The molecular weight excluding hydrogens is 340 g/mol. The average Bonchev–Trinajstić information content (AvgIpc) is 2.99. The number of thioether (sulfide) groups is 1. The molecule has 124 valence electrons. The van der Waals surface area contributed by atoms with Gasteiger partial charge in [0.1, 0.15) is 5.75 Å². The highest BCUT2D eigenvalue weighted by Gasteiger charge is 2.17. The molecule has 0 spiro atoms. The van der Waals surface area contributed by atoms with E-state index in [-0.39, 0.29) is 11.2 Å². The van der Waals surface area contributed by atoms with E-state index in [1.165, 1.54) is 11.8 Å². The Bertz CT molecular complexity index is 797. The molecule has 1 N–H and O–H groups in total. The lowest BCUT2D eigenvalue weighted by molar-refractivity contribution is -0.115. The molecule has 1 atom stereocenters. The quantitative estimate of drug-likeness (QED) is 0.642. The van der Waals surface area contributed by atoms with E-state index in [9.17, 15) is 4.79 Å². The summed E-state index contributed by atoms with van der Waals surface area (Å²) in [5.41, 5.74) is 1.74. The SMILES string of the molecule is CCOc1ccc(NC(=O)[C@@H](C)Sc2nc3ccccc3s2)cc1. The van der Waals surface area contributed by atoms with Crippen molar-refractivity contribution in [2.75, 3.05) is 11.9 Å². The number of thiazole rings is 1. The zero-order valence-corrected chi connectivity index (χ0v) is 15.1. The first-order valence-corrected chi connectivity index (χ1v) is 9.41. The monoisotopic (exact) mass is 358 g/mol. The van der Waals surface area contributed by atoms with Gasteiger partial charge in [-0.15, -0.1) is 11.3 Å². The van der Waals surface area contributed by atoms with Crippen molar-refractivity contribution in [3.05, 3.63) is 48.5 Å². The van der Waals surface area contributed by atoms with Crippen LogP contribution in [-0.2, 0) is 4.79 Å². The minimum absolute atomic E-state index is 0.0385. The molecule has 2 aromatic carbocycles. The van der Waals surface area contributed by atoms with Crippen LogP contribution in [0.25, 0.3) is 10.2 Å². The average molecular weight is 358 g/mol. The zero-order valence-electron chi connectivity index (χ0n) is 13.5. The van der Waals surface area contributed by atoms with E-state index in [1.807, 2.05) is 62.4 Å². The van der Waals surface area contributed by atoms with Crippen LogP contribution < -0.4 is 10.1 Å². The van der Waals surface area contributed by atoms with Crippen LogP contribution in [0, 0.1) is 0 Å². The molecule has 0 bridgehead atoms. The summed E-state index contributed by atoms with van der Waals surface area (Å²) < 4.78 is 7.44. The van der Waals surface area contributed by atoms with Gasteiger partial charge >= 0.3 is 0 Å². The number of anilines is 1. The topological polar surface area (TPSA) is 51.2 Å². The van der Waals surface area contributed by atoms with Gasteiger partial charge < -0.3 is 10.1 Å². The molecule has 1 aromatic heterocycles. The fraction of sp³-hybridized carbons (Fsp3) is 0.222. The number of ether oxygens (including phenoxy) is 1. The minimum atomic E-state index is -0.225. The van der Waals surface area contributed by atoms with Crippen molar-refractivity contribution >= 4 is 44.9 Å². The van der Waals surface area contributed by atoms with E-state index in [1.54, 1.807) is 11.3 Å². The molecule has 0 aliphatic carbocycles. The van der Waals surface area contributed by atoms with Crippen molar-refractivity contribution in [3.8, 4) is 5.75 Å². The normalized spacial score (nSPS) is 12.1. The number of para-hydroxylation sites is 1. The summed E-state index contributed by atoms with van der Waals surface area (Å²) in [6, 6.07) is 15.4. The van der Waals surface area contributed by atoms with Gasteiger partial charge in [-0.3, -0.25) is 4.79 Å². The first-order valence-electron chi connectivity index (χ1n) is 7.71. The third-order valence-electron chi connectivity index (χ3n) is 3.35. The lowest BCUT2D eigenvalue weighted by Crippen LogP contribution is -2.22. The highest BCUT2D eigenvalue weighted by atomic mass is 32.2. The molecule has 3 aromatic rings. The summed E-state index contributed by atoms with van der Waals surface area (Å²) in [5, 5.41) is 2.70. The summed E-state index contributed by atoms with van der Waals surface area (Å²) in [6.07, 6.45) is 0. The van der Waals surface area contributed by atoms with Gasteiger partial charge in [-0.2, -0.15) is 0 Å². The van der Waals surface area contributed by atoms with Crippen LogP contribution in [0.3, 0.4) is 0 Å². The number of benzene rings is 2. The van der Waals surface area contributed by atoms with Gasteiger partial charge in [-0.05, 0) is 50.2 Å². The lowest BCUT2D eigenvalue weighted by atomic mass is 10.3. The summed E-state index contributed by atoms with van der Waals surface area (Å²) in [4.78, 5) is 16.9. The number of nitrogens with one attached hydrogen (secondary N) is 1. The van der Waals surface area contributed by atoms with Crippen molar-refractivity contribution in [3.63, 3.8) is 0 Å². The third kappa shape index (κ3) is 4.07. The Morgan fingerprint density at radius 3 is 2.71 bits per heavy atom. The Kier molecular flexibility index (Phi) is 5.37. The first-order chi connectivity index (χ1) is 11.7. The zero-order chi connectivity index (χ0) is 16.9. The van der Waals surface area contributed by atoms with E-state index >= 15 is 0 Å². The van der Waals surface area contributed by atoms with Crippen LogP contribution in [0.15, 0.2) is 52.9 Å². The minimum Gasteiger partial charge on any atom is -0.494 e. The molecule has 0 radical (unpaired) electrons. The predicted octanol–water partition coefficient (Wildman–Crippen LogP) is 4.81. The van der Waals surface area contributed by atoms with Crippen molar-refractivity contribution in [1.29, 1.82) is 0 Å². The van der Waals surface area contributed by atoms with Crippen LogP contribution >= 0.6 is 23.1 Å². The summed E-state index contributed by atoms with van der Waals surface area (Å²) in [7, 11) is 0. The maximum absolute atomic E-state index is 12.4. The number of aromatic nitrogens is 1. The molecule has 1 amide bonds. The van der Waals surface area contributed by atoms with Gasteiger partial charge in [0.2, 0.25) is 5.91 Å². The highest BCUT2D eigenvalue weighted by Crippen LogP contribution is 2.32. The van der Waals surface area contributed by atoms with Crippen LogP contribution in [0.4, 0.5) is 5.69 Å². The number of carbonyl (C=O) groups excluding carboxylic acids is 1. The van der Waals surface area contributed by atoms with Gasteiger partial charge in [-0.25, -0.2) is 4.98 Å². The van der Waals surface area contributed by atoms with Crippen molar-refractivity contribution in [1.82, 2.24) is 4.98 Å². The van der Waals surface area contributed by atoms with Crippen molar-refractivity contribution in [2.24, 2.45) is 0 Å². The Hall–Kier alpha value is -2.05. The van der Waals surface area contributed by atoms with Crippen molar-refractivity contribution < 1.29 is 9.53 Å². The van der Waals surface area contributed by atoms with Crippen LogP contribution in [-0.4, -0.2) is 22.7 Å². The number of hydrogen-bond donors (Lipinski definition) is 1. The molecular formula is C18H18N2O2S2. The van der Waals surface area contributed by atoms with Crippen molar-refractivity contribution in [2.45, 2.75) is 23.4 Å². The van der Waals surface area contributed by atoms with Crippen LogP contribution in [0.2, 0.25) is 0 Å². The van der Waals surface area contributed by atoms with E-state index in [2.05, 4.69) is 10.3 Å². The Balaban J connectivity index is 1.61. The Labute approximate surface area is 149 Å². The molecule has 0 fully saturated rings. The Morgan fingerprint density at radius 2 is 2.00 bits per heavy atom. The fourth-order valence-electron chi connectivity index (χ4n) is 2.15. The number of nitrogens with zero attached hydrogens (tertiary/aromatic N) is 1. The summed E-state index contributed by atoms with van der Waals surface area (Å²) >= 11 is 3.09. The van der Waals surface area contributed by atoms with Gasteiger partial charge in [0.25, 0.3) is 0 Å². The van der Waals surface area contributed by atoms with Gasteiger partial charge in [0.05, 0.1) is 22.1 Å². The number of fused-ring (bicyclic) bond motifs is 1. The summed E-state index contributed by atoms with van der Waals surface area (Å²) in [5.74, 6) is 0.760. The molecule has 24 heavy (non-hydrogen) atoms. The van der Waals surface area contributed by atoms with Crippen LogP contribution in [0.1, 0.15) is 13.8 Å². The number of carbonyl (C=O) groups is 1. The molecule has 0 aliphatic heterocycles. The van der Waals surface area contributed by atoms with E-state index in [4.69, 9.17) is 4.74 Å². The molecule has 4 nitrogen and oxygen atoms in total. The molecule has 6 heteroatoms. The lowest BCUT2D eigenvalue weighted by Gasteiger charge is -2.11.